The van der Waals surface area contributed by atoms with Crippen molar-refractivity contribution in [2.24, 2.45) is 0 Å². The number of hydrogen-bond donors (Lipinski definition) is 0. The maximum Gasteiger partial charge on any atom is 0.305 e. The smallest absolute Gasteiger partial charge is 0.305 e. The van der Waals surface area contributed by atoms with Crippen LogP contribution in [0.15, 0.2) is 24.3 Å². The van der Waals surface area contributed by atoms with Crippen LogP contribution in [0, 0.1) is 6.92 Å². The second-order valence-electron chi connectivity index (χ2n) is 5.10. The Labute approximate surface area is 127 Å². The summed E-state index contributed by atoms with van der Waals surface area (Å²) in [7, 11) is 0. The summed E-state index contributed by atoms with van der Waals surface area (Å²) in [5.74, 6) is 0.618. The summed E-state index contributed by atoms with van der Waals surface area (Å²) < 4.78 is 16.7. The average molecular weight is 294 g/mol. The molecule has 2 atom stereocenters. The van der Waals surface area contributed by atoms with Crippen molar-refractivity contribution in [3.63, 3.8) is 0 Å². The molecule has 0 N–H and O–H groups in total. The molecule has 0 saturated carbocycles. The number of benzene rings is 1. The van der Waals surface area contributed by atoms with Crippen LogP contribution < -0.4 is 4.74 Å². The third-order valence-electron chi connectivity index (χ3n) is 3.05. The molecule has 0 fully saturated rings. The summed E-state index contributed by atoms with van der Waals surface area (Å²) in [6.45, 7) is 8.77. The van der Waals surface area contributed by atoms with Gasteiger partial charge in [0.15, 0.2) is 0 Å². The number of hydrogen-bond acceptors (Lipinski definition) is 4. The van der Waals surface area contributed by atoms with Gasteiger partial charge in [-0.25, -0.2) is 0 Å². The van der Waals surface area contributed by atoms with E-state index in [4.69, 9.17) is 14.2 Å². The van der Waals surface area contributed by atoms with Crippen LogP contribution >= 0.6 is 0 Å². The molecule has 1 aromatic carbocycles. The zero-order valence-corrected chi connectivity index (χ0v) is 13.4. The molecule has 0 aromatic heterocycles. The number of aryl methyl sites for hydroxylation is 1. The van der Waals surface area contributed by atoms with Crippen molar-refractivity contribution >= 4 is 5.97 Å². The number of rotatable bonds is 9. The van der Waals surface area contributed by atoms with Crippen LogP contribution in [0.3, 0.4) is 0 Å². The Morgan fingerprint density at radius 1 is 1.19 bits per heavy atom. The minimum absolute atomic E-state index is 0.132. The van der Waals surface area contributed by atoms with Gasteiger partial charge in [0.05, 0.1) is 6.61 Å². The van der Waals surface area contributed by atoms with Gasteiger partial charge in [-0.15, -0.1) is 0 Å². The van der Waals surface area contributed by atoms with E-state index in [1.807, 2.05) is 45.0 Å². The van der Waals surface area contributed by atoms with Gasteiger partial charge in [0.1, 0.15) is 18.0 Å². The Bertz CT molecular complexity index is 413. The fourth-order valence-corrected chi connectivity index (χ4v) is 1.93. The van der Waals surface area contributed by atoms with Crippen LogP contribution in [0.1, 0.15) is 39.2 Å². The van der Waals surface area contributed by atoms with Crippen molar-refractivity contribution < 1.29 is 19.0 Å². The number of esters is 1. The zero-order valence-electron chi connectivity index (χ0n) is 13.4. The van der Waals surface area contributed by atoms with E-state index in [1.165, 1.54) is 5.56 Å². The SMILES string of the molecule is CCOCC(CC(C)OC(=O)CC)Oc1ccc(C)cc1. The second kappa shape index (κ2) is 9.40. The fraction of sp³-hybridized carbons (Fsp3) is 0.588. The van der Waals surface area contributed by atoms with E-state index < -0.39 is 0 Å². The van der Waals surface area contributed by atoms with E-state index in [-0.39, 0.29) is 18.2 Å². The van der Waals surface area contributed by atoms with Crippen molar-refractivity contribution in [3.05, 3.63) is 29.8 Å². The standard InChI is InChI=1S/C17H26O4/c1-5-17(18)20-14(4)11-16(12-19-6-2)21-15-9-7-13(3)8-10-15/h7-10,14,16H,5-6,11-12H2,1-4H3. The third-order valence-corrected chi connectivity index (χ3v) is 3.05. The molecule has 0 spiro atoms. The van der Waals surface area contributed by atoms with Crippen LogP contribution in [0.2, 0.25) is 0 Å². The van der Waals surface area contributed by atoms with E-state index in [1.54, 1.807) is 6.92 Å². The third kappa shape index (κ3) is 7.14. The predicted octanol–water partition coefficient (Wildman–Crippen LogP) is 3.51. The highest BCUT2D eigenvalue weighted by Crippen LogP contribution is 2.16. The molecule has 1 rings (SSSR count). The minimum atomic E-state index is -0.187. The maximum absolute atomic E-state index is 11.3. The molecular formula is C17H26O4. The highest BCUT2D eigenvalue weighted by Gasteiger charge is 2.18. The summed E-state index contributed by atoms with van der Waals surface area (Å²) >= 11 is 0. The summed E-state index contributed by atoms with van der Waals surface area (Å²) in [6, 6.07) is 7.90. The van der Waals surface area contributed by atoms with Gasteiger partial charge >= 0.3 is 5.97 Å². The van der Waals surface area contributed by atoms with Gasteiger partial charge in [-0.1, -0.05) is 24.6 Å². The lowest BCUT2D eigenvalue weighted by Crippen LogP contribution is -2.29. The molecule has 0 aliphatic carbocycles. The van der Waals surface area contributed by atoms with Crippen molar-refractivity contribution in [1.82, 2.24) is 0 Å². The molecule has 0 radical (unpaired) electrons. The van der Waals surface area contributed by atoms with E-state index in [2.05, 4.69) is 0 Å². The number of carbonyl (C=O) groups is 1. The Balaban J connectivity index is 2.57. The molecule has 21 heavy (non-hydrogen) atoms. The maximum atomic E-state index is 11.3. The van der Waals surface area contributed by atoms with Crippen LogP contribution in [0.25, 0.3) is 0 Å². The monoisotopic (exact) mass is 294 g/mol. The van der Waals surface area contributed by atoms with Gasteiger partial charge in [0.25, 0.3) is 0 Å². The number of carbonyl (C=O) groups excluding carboxylic acids is 1. The molecule has 0 amide bonds. The molecular weight excluding hydrogens is 268 g/mol. The summed E-state index contributed by atoms with van der Waals surface area (Å²) in [5.41, 5.74) is 1.19. The van der Waals surface area contributed by atoms with Crippen LogP contribution in [-0.2, 0) is 14.3 Å². The Hall–Kier alpha value is -1.55. The lowest BCUT2D eigenvalue weighted by atomic mass is 10.1. The molecule has 1 aromatic rings. The molecule has 0 bridgehead atoms. The summed E-state index contributed by atoms with van der Waals surface area (Å²) in [6.07, 6.45) is 0.680. The van der Waals surface area contributed by atoms with E-state index in [9.17, 15) is 4.79 Å². The topological polar surface area (TPSA) is 44.8 Å². The first-order chi connectivity index (χ1) is 10.0. The van der Waals surface area contributed by atoms with Crippen LogP contribution in [-0.4, -0.2) is 31.4 Å². The van der Waals surface area contributed by atoms with Gasteiger partial charge in [-0.05, 0) is 32.9 Å². The fourth-order valence-electron chi connectivity index (χ4n) is 1.93. The number of ether oxygens (including phenoxy) is 3. The molecule has 4 nitrogen and oxygen atoms in total. The van der Waals surface area contributed by atoms with Gasteiger partial charge in [-0.2, -0.15) is 0 Å². The lowest BCUT2D eigenvalue weighted by molar-refractivity contribution is -0.149. The van der Waals surface area contributed by atoms with Gasteiger partial charge in [0, 0.05) is 19.4 Å². The van der Waals surface area contributed by atoms with Crippen molar-refractivity contribution in [1.29, 1.82) is 0 Å². The molecule has 118 valence electrons. The van der Waals surface area contributed by atoms with E-state index in [0.29, 0.717) is 26.1 Å². The molecule has 4 heteroatoms. The summed E-state index contributed by atoms with van der Waals surface area (Å²) in [5, 5.41) is 0. The summed E-state index contributed by atoms with van der Waals surface area (Å²) in [4.78, 5) is 11.3. The Morgan fingerprint density at radius 3 is 2.43 bits per heavy atom. The second-order valence-corrected chi connectivity index (χ2v) is 5.10. The zero-order chi connectivity index (χ0) is 15.7. The van der Waals surface area contributed by atoms with Crippen LogP contribution in [0.4, 0.5) is 0 Å². The Morgan fingerprint density at radius 2 is 1.86 bits per heavy atom. The minimum Gasteiger partial charge on any atom is -0.488 e. The van der Waals surface area contributed by atoms with Gasteiger partial charge in [0.2, 0.25) is 0 Å². The van der Waals surface area contributed by atoms with Gasteiger partial charge in [-0.3, -0.25) is 4.79 Å². The van der Waals surface area contributed by atoms with E-state index in [0.717, 1.165) is 5.75 Å². The highest BCUT2D eigenvalue weighted by atomic mass is 16.6. The molecule has 2 unspecified atom stereocenters. The quantitative estimate of drug-likeness (QED) is 0.654. The van der Waals surface area contributed by atoms with Crippen molar-refractivity contribution in [3.8, 4) is 5.75 Å². The van der Waals surface area contributed by atoms with Crippen LogP contribution in [0.5, 0.6) is 5.75 Å². The lowest BCUT2D eigenvalue weighted by Gasteiger charge is -2.22. The molecule has 0 heterocycles. The van der Waals surface area contributed by atoms with E-state index >= 15 is 0 Å². The van der Waals surface area contributed by atoms with Gasteiger partial charge < -0.3 is 14.2 Å². The molecule has 0 aliphatic rings. The normalized spacial score (nSPS) is 13.5. The first-order valence-electron chi connectivity index (χ1n) is 7.55. The predicted molar refractivity (Wildman–Crippen MR) is 82.6 cm³/mol. The largest absolute Gasteiger partial charge is 0.488 e. The van der Waals surface area contributed by atoms with Crippen molar-refractivity contribution in [2.75, 3.05) is 13.2 Å². The Kier molecular flexibility index (Phi) is 7.83. The first kappa shape index (κ1) is 17.5. The average Bonchev–Trinajstić information content (AvgIpc) is 2.46. The van der Waals surface area contributed by atoms with Crippen molar-refractivity contribution in [2.45, 2.75) is 52.7 Å². The molecule has 0 saturated heterocycles. The molecule has 0 aliphatic heterocycles. The first-order valence-corrected chi connectivity index (χ1v) is 7.55. The highest BCUT2D eigenvalue weighted by molar-refractivity contribution is 5.69.